The molecule has 2 bridgehead atoms. The van der Waals surface area contributed by atoms with Crippen molar-refractivity contribution in [3.05, 3.63) is 47.1 Å². The standard InChI is InChI=1S/C27H34O4/c1-15-17(3)30-27(23(15)29)16(2)20-10-13-26(31-27)22-7-6-18-14-19(28)8-11-24(18,4)21(22)9-12-25(20,26)5/h6-7,9,12,14-17,20,23,29H,8,10-11,13H2,1-5H3/t15-,16+,17?,20-,23+,24+,25-,26+,27+/m1/s1. The molecule has 0 aromatic carbocycles. The van der Waals surface area contributed by atoms with Gasteiger partial charge in [0, 0.05) is 29.1 Å². The average Bonchev–Trinajstić information content (AvgIpc) is 3.08. The van der Waals surface area contributed by atoms with Crippen molar-refractivity contribution in [1.29, 1.82) is 0 Å². The van der Waals surface area contributed by atoms with Gasteiger partial charge in [-0.05, 0) is 54.9 Å². The first-order valence-electron chi connectivity index (χ1n) is 12.0. The highest BCUT2D eigenvalue weighted by atomic mass is 16.7. The summed E-state index contributed by atoms with van der Waals surface area (Å²) in [6, 6.07) is 0. The predicted octanol–water partition coefficient (Wildman–Crippen LogP) is 4.65. The van der Waals surface area contributed by atoms with Crippen molar-refractivity contribution < 1.29 is 19.4 Å². The second-order valence-electron chi connectivity index (χ2n) is 11.4. The molecular weight excluding hydrogens is 388 g/mol. The van der Waals surface area contributed by atoms with E-state index in [4.69, 9.17) is 9.47 Å². The van der Waals surface area contributed by atoms with Gasteiger partial charge in [-0.2, -0.15) is 0 Å². The minimum Gasteiger partial charge on any atom is -0.387 e. The number of fused-ring (bicyclic) bond motifs is 2. The number of ketones is 1. The molecule has 0 radical (unpaired) electrons. The van der Waals surface area contributed by atoms with Crippen LogP contribution in [0.4, 0.5) is 0 Å². The zero-order chi connectivity index (χ0) is 22.0. The normalized spacial score (nSPS) is 54.7. The van der Waals surface area contributed by atoms with Gasteiger partial charge in [-0.1, -0.05) is 52.0 Å². The lowest BCUT2D eigenvalue weighted by Crippen LogP contribution is -2.66. The Morgan fingerprint density at radius 1 is 1.06 bits per heavy atom. The van der Waals surface area contributed by atoms with E-state index in [1.807, 2.05) is 6.08 Å². The number of ether oxygens (including phenoxy) is 2. The minimum atomic E-state index is -0.962. The highest BCUT2D eigenvalue weighted by Crippen LogP contribution is 2.71. The molecule has 0 amide bonds. The number of rotatable bonds is 0. The maximum Gasteiger partial charge on any atom is 0.198 e. The number of hydrogen-bond donors (Lipinski definition) is 1. The molecule has 9 atom stereocenters. The Balaban J connectivity index is 1.54. The Kier molecular flexibility index (Phi) is 3.83. The molecule has 1 N–H and O–H groups in total. The highest BCUT2D eigenvalue weighted by molar-refractivity contribution is 5.93. The van der Waals surface area contributed by atoms with Gasteiger partial charge in [-0.15, -0.1) is 0 Å². The molecule has 4 aliphatic carbocycles. The summed E-state index contributed by atoms with van der Waals surface area (Å²) in [7, 11) is 0. The summed E-state index contributed by atoms with van der Waals surface area (Å²) in [5, 5.41) is 11.4. The molecule has 1 saturated carbocycles. The van der Waals surface area contributed by atoms with E-state index in [9.17, 15) is 9.90 Å². The summed E-state index contributed by atoms with van der Waals surface area (Å²) >= 11 is 0. The minimum absolute atomic E-state index is 0.0356. The summed E-state index contributed by atoms with van der Waals surface area (Å²) in [5.41, 5.74) is 2.82. The van der Waals surface area contributed by atoms with Gasteiger partial charge in [0.1, 0.15) is 11.7 Å². The van der Waals surface area contributed by atoms with Crippen molar-refractivity contribution in [2.45, 2.75) is 83.9 Å². The maximum atomic E-state index is 12.1. The van der Waals surface area contributed by atoms with Crippen LogP contribution in [-0.4, -0.2) is 34.5 Å². The summed E-state index contributed by atoms with van der Waals surface area (Å²) in [5.74, 6) is -0.223. The van der Waals surface area contributed by atoms with E-state index < -0.39 is 17.5 Å². The number of carbonyl (C=O) groups is 1. The summed E-state index contributed by atoms with van der Waals surface area (Å²) in [6.45, 7) is 10.9. The molecule has 6 rings (SSSR count). The summed E-state index contributed by atoms with van der Waals surface area (Å²) < 4.78 is 13.7. The van der Waals surface area contributed by atoms with Crippen LogP contribution >= 0.6 is 0 Å². The van der Waals surface area contributed by atoms with Crippen LogP contribution in [0.1, 0.15) is 60.3 Å². The van der Waals surface area contributed by atoms with E-state index in [-0.39, 0.29) is 34.6 Å². The highest BCUT2D eigenvalue weighted by Gasteiger charge is 2.74. The SMILES string of the molecule is CC1O[C@@]2(O[C@]34CC[C@H]([C@@H]2C)[C@@]3(C)C=CC2=C4C=CC3=CC(=O)CC[C@@]32C)[C@@H](O)[C@@H]1C. The average molecular weight is 423 g/mol. The fourth-order valence-electron chi connectivity index (χ4n) is 7.98. The van der Waals surface area contributed by atoms with Crippen molar-refractivity contribution in [2.75, 3.05) is 0 Å². The molecule has 1 unspecified atom stereocenters. The van der Waals surface area contributed by atoms with Gasteiger partial charge in [-0.3, -0.25) is 4.79 Å². The van der Waals surface area contributed by atoms with Crippen LogP contribution in [0.25, 0.3) is 0 Å². The maximum absolute atomic E-state index is 12.1. The quantitative estimate of drug-likeness (QED) is 0.617. The van der Waals surface area contributed by atoms with Crippen molar-refractivity contribution in [3.8, 4) is 0 Å². The van der Waals surface area contributed by atoms with E-state index in [0.29, 0.717) is 12.3 Å². The number of hydrogen-bond acceptors (Lipinski definition) is 4. The van der Waals surface area contributed by atoms with Gasteiger partial charge in [0.25, 0.3) is 0 Å². The van der Waals surface area contributed by atoms with Gasteiger partial charge < -0.3 is 14.6 Å². The predicted molar refractivity (Wildman–Crippen MR) is 118 cm³/mol. The lowest BCUT2D eigenvalue weighted by Gasteiger charge is -2.61. The second-order valence-corrected chi connectivity index (χ2v) is 11.4. The molecule has 0 aromatic heterocycles. The Labute approximate surface area is 185 Å². The zero-order valence-corrected chi connectivity index (χ0v) is 19.3. The third-order valence-electron chi connectivity index (χ3n) is 10.2. The third kappa shape index (κ3) is 2.11. The molecule has 31 heavy (non-hydrogen) atoms. The van der Waals surface area contributed by atoms with E-state index >= 15 is 0 Å². The molecule has 2 heterocycles. The lowest BCUT2D eigenvalue weighted by atomic mass is 9.53. The number of carbonyl (C=O) groups excluding carboxylic acids is 1. The Morgan fingerprint density at radius 2 is 1.84 bits per heavy atom. The van der Waals surface area contributed by atoms with Crippen LogP contribution in [0, 0.1) is 28.6 Å². The van der Waals surface area contributed by atoms with E-state index in [1.165, 1.54) is 11.1 Å². The molecule has 4 heteroatoms. The molecule has 0 aromatic rings. The fraction of sp³-hybridized carbons (Fsp3) is 0.667. The van der Waals surface area contributed by atoms with Crippen molar-refractivity contribution in [2.24, 2.45) is 28.6 Å². The number of aliphatic hydroxyl groups is 1. The van der Waals surface area contributed by atoms with Crippen LogP contribution in [-0.2, 0) is 14.3 Å². The monoisotopic (exact) mass is 422 g/mol. The van der Waals surface area contributed by atoms with Crippen molar-refractivity contribution >= 4 is 5.78 Å². The van der Waals surface area contributed by atoms with Crippen LogP contribution in [0.3, 0.4) is 0 Å². The Bertz CT molecular complexity index is 1000. The molecule has 3 fully saturated rings. The first kappa shape index (κ1) is 20.1. The molecule has 2 aliphatic heterocycles. The van der Waals surface area contributed by atoms with Gasteiger partial charge in [0.2, 0.25) is 0 Å². The first-order chi connectivity index (χ1) is 14.6. The van der Waals surface area contributed by atoms with Crippen LogP contribution in [0.5, 0.6) is 0 Å². The van der Waals surface area contributed by atoms with Gasteiger partial charge in [0.15, 0.2) is 11.6 Å². The second kappa shape index (κ2) is 5.89. The van der Waals surface area contributed by atoms with E-state index in [1.54, 1.807) is 0 Å². The Hall–Kier alpha value is -1.49. The molecule has 6 aliphatic rings. The smallest absolute Gasteiger partial charge is 0.198 e. The summed E-state index contributed by atoms with van der Waals surface area (Å²) in [6.07, 6.45) is 13.6. The van der Waals surface area contributed by atoms with E-state index in [0.717, 1.165) is 24.8 Å². The number of allylic oxidation sites excluding steroid dienone is 5. The van der Waals surface area contributed by atoms with Crippen LogP contribution in [0.2, 0.25) is 0 Å². The summed E-state index contributed by atoms with van der Waals surface area (Å²) in [4.78, 5) is 12.1. The molecule has 1 spiro atoms. The van der Waals surface area contributed by atoms with Gasteiger partial charge >= 0.3 is 0 Å². The van der Waals surface area contributed by atoms with Crippen LogP contribution in [0.15, 0.2) is 47.1 Å². The largest absolute Gasteiger partial charge is 0.387 e. The van der Waals surface area contributed by atoms with Crippen LogP contribution < -0.4 is 0 Å². The van der Waals surface area contributed by atoms with E-state index in [2.05, 4.69) is 58.9 Å². The van der Waals surface area contributed by atoms with Crippen molar-refractivity contribution in [3.63, 3.8) is 0 Å². The molecule has 2 saturated heterocycles. The van der Waals surface area contributed by atoms with Crippen molar-refractivity contribution in [1.82, 2.24) is 0 Å². The zero-order valence-electron chi connectivity index (χ0n) is 19.3. The number of aliphatic hydroxyl groups excluding tert-OH is 1. The van der Waals surface area contributed by atoms with Gasteiger partial charge in [0.05, 0.1) is 6.10 Å². The third-order valence-corrected chi connectivity index (χ3v) is 10.2. The Morgan fingerprint density at radius 3 is 2.55 bits per heavy atom. The fourth-order valence-corrected chi connectivity index (χ4v) is 7.98. The molecule has 4 nitrogen and oxygen atoms in total. The topological polar surface area (TPSA) is 55.8 Å². The van der Waals surface area contributed by atoms with Gasteiger partial charge in [-0.25, -0.2) is 0 Å². The first-order valence-corrected chi connectivity index (χ1v) is 12.0. The molecular formula is C27H34O4. The lowest BCUT2D eigenvalue weighted by molar-refractivity contribution is -0.361. The molecule has 166 valence electrons.